The number of hydrogen-bond donors (Lipinski definition) is 4. The van der Waals surface area contributed by atoms with Crippen LogP contribution in [0.4, 0.5) is 22.8 Å². The number of alkyl halides is 2. The van der Waals surface area contributed by atoms with Gasteiger partial charge in [-0.25, -0.2) is 23.6 Å². The minimum absolute atomic E-state index is 0.0137. The Balaban J connectivity index is 0.000000308. The predicted molar refractivity (Wildman–Crippen MR) is 145 cm³/mol. The van der Waals surface area contributed by atoms with Gasteiger partial charge in [0.25, 0.3) is 0 Å². The van der Waals surface area contributed by atoms with Crippen LogP contribution in [0.15, 0.2) is 36.4 Å². The quantitative estimate of drug-likeness (QED) is 0.318. The van der Waals surface area contributed by atoms with Gasteiger partial charge < -0.3 is 44.5 Å². The van der Waals surface area contributed by atoms with Gasteiger partial charge >= 0.3 is 30.4 Å². The molecule has 2 aromatic carbocycles. The van der Waals surface area contributed by atoms with E-state index in [1.54, 1.807) is 41.5 Å². The second-order valence-corrected chi connectivity index (χ2v) is 11.1. The van der Waals surface area contributed by atoms with Crippen LogP contribution in [0.25, 0.3) is 0 Å². The molecule has 0 aromatic heterocycles. The molecule has 1 heterocycles. The first-order valence-electron chi connectivity index (χ1n) is 12.8. The van der Waals surface area contributed by atoms with Crippen LogP contribution >= 0.6 is 0 Å². The summed E-state index contributed by atoms with van der Waals surface area (Å²) >= 11 is 0. The zero-order valence-corrected chi connectivity index (χ0v) is 24.8. The minimum Gasteiger partial charge on any atom is -0.494 e. The van der Waals surface area contributed by atoms with Crippen molar-refractivity contribution in [3.05, 3.63) is 53.3 Å². The number of ether oxygens (including phenoxy) is 5. The standard InChI is InChI=1S/C14H15F2NO6.C14H18FNO5/c1-13(2,3)23-12(20)17-10(11(18)19)7-4-5-8-9(6-7)22-14(15,16)21-8;1-14(2,3)21-13(19)16-11(12(17)18)8-5-6-10(20-4)9(15)7-8/h4-6,10H,1-3H3,(H,17,20)(H,18,19);5-7,11H,1-4H3,(H,16,19)(H,17,18). The van der Waals surface area contributed by atoms with Gasteiger partial charge in [-0.05, 0) is 76.9 Å². The minimum atomic E-state index is -3.81. The number of amides is 2. The number of benzene rings is 2. The number of halogens is 3. The number of hydrogen-bond acceptors (Lipinski definition) is 9. The van der Waals surface area contributed by atoms with Crippen molar-refractivity contribution in [3.63, 3.8) is 0 Å². The fourth-order valence-electron chi connectivity index (χ4n) is 3.43. The number of rotatable bonds is 7. The highest BCUT2D eigenvalue weighted by Gasteiger charge is 2.44. The lowest BCUT2D eigenvalue weighted by Crippen LogP contribution is -2.38. The summed E-state index contributed by atoms with van der Waals surface area (Å²) in [6, 6.07) is 4.17. The van der Waals surface area contributed by atoms with Crippen LogP contribution in [0, 0.1) is 5.82 Å². The topological polar surface area (TPSA) is 179 Å². The Morgan fingerprint density at radius 1 is 0.773 bits per heavy atom. The van der Waals surface area contributed by atoms with Crippen molar-refractivity contribution >= 4 is 24.1 Å². The van der Waals surface area contributed by atoms with Crippen molar-refractivity contribution < 1.29 is 66.2 Å². The largest absolute Gasteiger partial charge is 0.586 e. The Morgan fingerprint density at radius 2 is 1.20 bits per heavy atom. The van der Waals surface area contributed by atoms with Crippen molar-refractivity contribution in [2.75, 3.05) is 7.11 Å². The van der Waals surface area contributed by atoms with Gasteiger partial charge in [0.05, 0.1) is 7.11 Å². The second kappa shape index (κ2) is 13.6. The van der Waals surface area contributed by atoms with Gasteiger partial charge in [-0.15, -0.1) is 8.78 Å². The molecule has 2 amide bonds. The zero-order chi connectivity index (χ0) is 33.6. The summed E-state index contributed by atoms with van der Waals surface area (Å²) in [6.07, 6.45) is -5.66. The Bertz CT molecular complexity index is 1390. The summed E-state index contributed by atoms with van der Waals surface area (Å²) in [6.45, 7) is 9.79. The lowest BCUT2D eigenvalue weighted by Gasteiger charge is -2.22. The van der Waals surface area contributed by atoms with E-state index in [0.717, 1.165) is 18.2 Å². The molecule has 0 spiro atoms. The Morgan fingerprint density at radius 3 is 1.61 bits per heavy atom. The predicted octanol–water partition coefficient (Wildman–Crippen LogP) is 5.14. The molecule has 2 unspecified atom stereocenters. The molecule has 13 nitrogen and oxygen atoms in total. The monoisotopic (exact) mass is 630 g/mol. The van der Waals surface area contributed by atoms with Crippen LogP contribution in [-0.2, 0) is 19.1 Å². The van der Waals surface area contributed by atoms with Crippen LogP contribution in [0.3, 0.4) is 0 Å². The fraction of sp³-hybridized carbons (Fsp3) is 0.429. The highest BCUT2D eigenvalue weighted by atomic mass is 19.3. The van der Waals surface area contributed by atoms with Gasteiger partial charge in [-0.3, -0.25) is 0 Å². The van der Waals surface area contributed by atoms with Crippen molar-refractivity contribution in [2.24, 2.45) is 0 Å². The Hall–Kier alpha value is -4.89. The normalized spacial score (nSPS) is 14.6. The van der Waals surface area contributed by atoms with Crippen molar-refractivity contribution in [1.82, 2.24) is 10.6 Å². The van der Waals surface area contributed by atoms with Crippen LogP contribution in [-0.4, -0.2) is 58.9 Å². The SMILES string of the molecule is CC(C)(C)OC(=O)NC(C(=O)O)c1ccc2c(c1)OC(F)(F)O2.COc1ccc(C(NC(=O)OC(C)(C)C)C(=O)O)cc1F. The Kier molecular flexibility index (Phi) is 10.9. The molecule has 0 saturated heterocycles. The number of carbonyl (C=O) groups excluding carboxylic acids is 2. The molecule has 16 heteroatoms. The number of methoxy groups -OCH3 is 1. The molecule has 3 rings (SSSR count). The van der Waals surface area contributed by atoms with E-state index in [0.29, 0.717) is 0 Å². The molecule has 0 radical (unpaired) electrons. The van der Waals surface area contributed by atoms with Gasteiger partial charge in [-0.1, -0.05) is 12.1 Å². The van der Waals surface area contributed by atoms with E-state index in [2.05, 4.69) is 20.1 Å². The molecule has 4 N–H and O–H groups in total. The molecular weight excluding hydrogens is 597 g/mol. The average Bonchev–Trinajstić information content (AvgIpc) is 3.16. The molecular formula is C28H33F3N2O11. The number of carboxylic acid groups (broad SMARTS) is 2. The van der Waals surface area contributed by atoms with E-state index in [1.165, 1.54) is 25.3 Å². The molecule has 1 aliphatic heterocycles. The third-order valence-corrected chi connectivity index (χ3v) is 5.08. The van der Waals surface area contributed by atoms with Crippen molar-refractivity contribution in [3.8, 4) is 17.2 Å². The highest BCUT2D eigenvalue weighted by Crippen LogP contribution is 2.42. The maximum absolute atomic E-state index is 13.6. The first kappa shape index (κ1) is 35.3. The maximum Gasteiger partial charge on any atom is 0.586 e. The van der Waals surface area contributed by atoms with Gasteiger partial charge in [0.2, 0.25) is 0 Å². The summed E-state index contributed by atoms with van der Waals surface area (Å²) in [7, 11) is 1.30. The molecule has 0 aliphatic carbocycles. The molecule has 0 bridgehead atoms. The van der Waals surface area contributed by atoms with E-state index in [4.69, 9.17) is 19.3 Å². The third kappa shape index (κ3) is 10.7. The summed E-state index contributed by atoms with van der Waals surface area (Å²) < 4.78 is 62.8. The molecule has 44 heavy (non-hydrogen) atoms. The first-order valence-corrected chi connectivity index (χ1v) is 12.8. The van der Waals surface area contributed by atoms with Crippen LogP contribution in [0.5, 0.6) is 17.2 Å². The van der Waals surface area contributed by atoms with E-state index < -0.39 is 59.5 Å². The van der Waals surface area contributed by atoms with Gasteiger partial charge in [0.1, 0.15) is 11.2 Å². The van der Waals surface area contributed by atoms with Crippen LogP contribution < -0.4 is 24.8 Å². The fourth-order valence-corrected chi connectivity index (χ4v) is 3.43. The zero-order valence-electron chi connectivity index (χ0n) is 24.8. The number of carbonyl (C=O) groups is 4. The van der Waals surface area contributed by atoms with Gasteiger partial charge in [0, 0.05) is 0 Å². The smallest absolute Gasteiger partial charge is 0.494 e. The molecule has 242 valence electrons. The van der Waals surface area contributed by atoms with Crippen molar-refractivity contribution in [1.29, 1.82) is 0 Å². The number of alkyl carbamates (subject to hydrolysis) is 2. The molecule has 2 aromatic rings. The summed E-state index contributed by atoms with van der Waals surface area (Å²) in [5.41, 5.74) is -1.47. The summed E-state index contributed by atoms with van der Waals surface area (Å²) in [4.78, 5) is 45.9. The van der Waals surface area contributed by atoms with E-state index in [-0.39, 0.29) is 28.4 Å². The highest BCUT2D eigenvalue weighted by molar-refractivity contribution is 5.82. The summed E-state index contributed by atoms with van der Waals surface area (Å²) in [5, 5.41) is 22.7. The van der Waals surface area contributed by atoms with Gasteiger partial charge in [0.15, 0.2) is 35.1 Å². The second-order valence-electron chi connectivity index (χ2n) is 11.1. The molecule has 0 fully saturated rings. The number of carboxylic acids is 2. The number of nitrogens with one attached hydrogen (secondary N) is 2. The maximum atomic E-state index is 13.6. The van der Waals surface area contributed by atoms with Crippen LogP contribution in [0.1, 0.15) is 64.8 Å². The molecule has 1 aliphatic rings. The van der Waals surface area contributed by atoms with E-state index in [1.807, 2.05) is 0 Å². The van der Waals surface area contributed by atoms with E-state index in [9.17, 15) is 37.5 Å². The average molecular weight is 631 g/mol. The van der Waals surface area contributed by atoms with Crippen LogP contribution in [0.2, 0.25) is 0 Å². The first-order chi connectivity index (χ1) is 20.1. The number of aliphatic carboxylic acids is 2. The lowest BCUT2D eigenvalue weighted by molar-refractivity contribution is -0.286. The van der Waals surface area contributed by atoms with Gasteiger partial charge in [-0.2, -0.15) is 0 Å². The summed E-state index contributed by atoms with van der Waals surface area (Å²) in [5.74, 6) is -3.98. The van der Waals surface area contributed by atoms with Crippen molar-refractivity contribution in [2.45, 2.75) is 71.1 Å². The lowest BCUT2D eigenvalue weighted by atomic mass is 10.1. The molecule has 2 atom stereocenters. The molecule has 0 saturated carbocycles. The Labute approximate surface area is 250 Å². The van der Waals surface area contributed by atoms with E-state index >= 15 is 0 Å². The number of fused-ring (bicyclic) bond motifs is 1. The third-order valence-electron chi connectivity index (χ3n) is 5.08.